The standard InChI is InChI=1S/C24H20Cl2N6O/c25-18-6-3-7-19(15-18)30-11-13-31(14-12-30)24(33)22-23(17-5-4-10-27-16-17)32(29-28-22)21-9-2-1-8-20(21)26/h1-10,15-16H,11-14H2. The Balaban J connectivity index is 1.45. The monoisotopic (exact) mass is 478 g/mol. The number of aromatic nitrogens is 4. The number of para-hydroxylation sites is 1. The topological polar surface area (TPSA) is 67.2 Å². The lowest BCUT2D eigenvalue weighted by Gasteiger charge is -2.36. The first-order chi connectivity index (χ1) is 16.1. The maximum absolute atomic E-state index is 13.5. The zero-order chi connectivity index (χ0) is 22.8. The Morgan fingerprint density at radius 2 is 1.73 bits per heavy atom. The fourth-order valence-electron chi connectivity index (χ4n) is 3.97. The molecule has 0 unspecified atom stereocenters. The van der Waals surface area contributed by atoms with E-state index in [4.69, 9.17) is 23.2 Å². The number of pyridine rings is 1. The Bertz CT molecular complexity index is 1290. The van der Waals surface area contributed by atoms with Crippen LogP contribution < -0.4 is 4.90 Å². The Morgan fingerprint density at radius 1 is 0.909 bits per heavy atom. The zero-order valence-corrected chi connectivity index (χ0v) is 19.1. The maximum Gasteiger partial charge on any atom is 0.276 e. The molecule has 2 aromatic heterocycles. The Labute approximate surface area is 201 Å². The van der Waals surface area contributed by atoms with Gasteiger partial charge in [0.05, 0.1) is 10.7 Å². The highest BCUT2D eigenvalue weighted by molar-refractivity contribution is 6.32. The number of rotatable bonds is 4. The molecule has 0 radical (unpaired) electrons. The molecule has 0 N–H and O–H groups in total. The molecular weight excluding hydrogens is 459 g/mol. The number of carbonyl (C=O) groups excluding carboxylic acids is 1. The number of benzene rings is 2. The number of amides is 1. The first-order valence-electron chi connectivity index (χ1n) is 10.5. The van der Waals surface area contributed by atoms with Gasteiger partial charge in [-0.2, -0.15) is 0 Å². The van der Waals surface area contributed by atoms with E-state index in [0.717, 1.165) is 11.3 Å². The molecule has 0 atom stereocenters. The van der Waals surface area contributed by atoms with Crippen LogP contribution in [0.5, 0.6) is 0 Å². The van der Waals surface area contributed by atoms with E-state index in [2.05, 4.69) is 20.2 Å². The van der Waals surface area contributed by atoms with Gasteiger partial charge in [-0.3, -0.25) is 9.78 Å². The molecule has 0 aliphatic carbocycles. The van der Waals surface area contributed by atoms with Crippen LogP contribution in [0.2, 0.25) is 10.0 Å². The van der Waals surface area contributed by atoms with Gasteiger partial charge in [0.1, 0.15) is 5.69 Å². The quantitative estimate of drug-likeness (QED) is 0.428. The van der Waals surface area contributed by atoms with Gasteiger partial charge in [0.15, 0.2) is 5.69 Å². The summed E-state index contributed by atoms with van der Waals surface area (Å²) in [6.45, 7) is 2.54. The second kappa shape index (κ2) is 9.21. The van der Waals surface area contributed by atoms with Gasteiger partial charge >= 0.3 is 0 Å². The van der Waals surface area contributed by atoms with Crippen molar-refractivity contribution in [2.45, 2.75) is 0 Å². The van der Waals surface area contributed by atoms with E-state index in [-0.39, 0.29) is 11.6 Å². The predicted molar refractivity (Wildman–Crippen MR) is 129 cm³/mol. The number of piperazine rings is 1. The second-order valence-corrected chi connectivity index (χ2v) is 8.49. The van der Waals surface area contributed by atoms with E-state index in [0.29, 0.717) is 47.6 Å². The van der Waals surface area contributed by atoms with E-state index in [1.54, 1.807) is 23.1 Å². The van der Waals surface area contributed by atoms with Crippen molar-refractivity contribution in [2.24, 2.45) is 0 Å². The van der Waals surface area contributed by atoms with Gasteiger partial charge in [0.25, 0.3) is 5.91 Å². The highest BCUT2D eigenvalue weighted by Gasteiger charge is 2.29. The summed E-state index contributed by atoms with van der Waals surface area (Å²) in [5.41, 5.74) is 3.28. The van der Waals surface area contributed by atoms with Gasteiger partial charge in [-0.1, -0.05) is 46.6 Å². The summed E-state index contributed by atoms with van der Waals surface area (Å²) in [7, 11) is 0. The smallest absolute Gasteiger partial charge is 0.276 e. The van der Waals surface area contributed by atoms with E-state index >= 15 is 0 Å². The third-order valence-corrected chi connectivity index (χ3v) is 6.18. The van der Waals surface area contributed by atoms with Crippen molar-refractivity contribution in [1.29, 1.82) is 0 Å². The molecule has 3 heterocycles. The molecule has 1 aliphatic rings. The Hall–Kier alpha value is -3.42. The zero-order valence-electron chi connectivity index (χ0n) is 17.6. The van der Waals surface area contributed by atoms with Gasteiger partial charge in [-0.05, 0) is 42.5 Å². The van der Waals surface area contributed by atoms with Gasteiger partial charge in [-0.15, -0.1) is 5.10 Å². The lowest BCUT2D eigenvalue weighted by atomic mass is 10.1. The summed E-state index contributed by atoms with van der Waals surface area (Å²) in [6, 6.07) is 18.8. The van der Waals surface area contributed by atoms with Gasteiger partial charge in [0.2, 0.25) is 0 Å². The third-order valence-electron chi connectivity index (χ3n) is 5.63. The van der Waals surface area contributed by atoms with E-state index in [1.165, 1.54) is 0 Å². The van der Waals surface area contributed by atoms with E-state index < -0.39 is 0 Å². The van der Waals surface area contributed by atoms with Crippen LogP contribution in [0.15, 0.2) is 73.1 Å². The number of anilines is 1. The number of carbonyl (C=O) groups is 1. The first kappa shape index (κ1) is 21.4. The molecule has 166 valence electrons. The van der Waals surface area contributed by atoms with Crippen molar-refractivity contribution in [2.75, 3.05) is 31.1 Å². The molecular formula is C24H20Cl2N6O. The normalized spacial score (nSPS) is 13.9. The molecule has 2 aromatic carbocycles. The summed E-state index contributed by atoms with van der Waals surface area (Å²) < 4.78 is 1.61. The molecule has 5 rings (SSSR count). The number of hydrogen-bond acceptors (Lipinski definition) is 5. The summed E-state index contributed by atoms with van der Waals surface area (Å²) in [4.78, 5) is 21.8. The molecule has 1 amide bonds. The SMILES string of the molecule is O=C(c1nnn(-c2ccccc2Cl)c1-c1cccnc1)N1CCN(c2cccc(Cl)c2)CC1. The average Bonchev–Trinajstić information content (AvgIpc) is 3.29. The molecule has 0 saturated carbocycles. The highest BCUT2D eigenvalue weighted by atomic mass is 35.5. The number of nitrogens with zero attached hydrogens (tertiary/aromatic N) is 6. The number of hydrogen-bond donors (Lipinski definition) is 0. The molecule has 7 nitrogen and oxygen atoms in total. The van der Waals surface area contributed by atoms with Crippen molar-refractivity contribution in [3.05, 3.63) is 88.8 Å². The van der Waals surface area contributed by atoms with Crippen molar-refractivity contribution in [3.8, 4) is 16.9 Å². The van der Waals surface area contributed by atoms with Crippen LogP contribution >= 0.6 is 23.2 Å². The number of halogens is 2. The molecule has 0 bridgehead atoms. The van der Waals surface area contributed by atoms with Crippen molar-refractivity contribution in [3.63, 3.8) is 0 Å². The largest absolute Gasteiger partial charge is 0.368 e. The van der Waals surface area contributed by atoms with Crippen LogP contribution in [0.1, 0.15) is 10.5 Å². The molecule has 4 aromatic rings. The van der Waals surface area contributed by atoms with Gasteiger partial charge in [0, 0.05) is 54.8 Å². The van der Waals surface area contributed by atoms with Crippen LogP contribution in [0.3, 0.4) is 0 Å². The first-order valence-corrected chi connectivity index (χ1v) is 11.3. The van der Waals surface area contributed by atoms with Crippen LogP contribution in [0.4, 0.5) is 5.69 Å². The van der Waals surface area contributed by atoms with E-state index in [1.807, 2.05) is 59.5 Å². The van der Waals surface area contributed by atoms with Crippen molar-refractivity contribution >= 4 is 34.8 Å². The molecule has 33 heavy (non-hydrogen) atoms. The Morgan fingerprint density at radius 3 is 2.45 bits per heavy atom. The summed E-state index contributed by atoms with van der Waals surface area (Å²) in [5.74, 6) is -0.169. The predicted octanol–water partition coefficient (Wildman–Crippen LogP) is 4.60. The van der Waals surface area contributed by atoms with E-state index in [9.17, 15) is 4.79 Å². The molecule has 1 aliphatic heterocycles. The lowest BCUT2D eigenvalue weighted by molar-refractivity contribution is 0.0741. The lowest BCUT2D eigenvalue weighted by Crippen LogP contribution is -2.49. The summed E-state index contributed by atoms with van der Waals surface area (Å²) in [6.07, 6.45) is 3.38. The second-order valence-electron chi connectivity index (χ2n) is 7.65. The van der Waals surface area contributed by atoms with Crippen LogP contribution in [-0.4, -0.2) is 57.0 Å². The van der Waals surface area contributed by atoms with Crippen LogP contribution in [-0.2, 0) is 0 Å². The summed E-state index contributed by atoms with van der Waals surface area (Å²) in [5, 5.41) is 9.78. The average molecular weight is 479 g/mol. The maximum atomic E-state index is 13.5. The minimum Gasteiger partial charge on any atom is -0.368 e. The molecule has 1 fully saturated rings. The fraction of sp³-hybridized carbons (Fsp3) is 0.167. The van der Waals surface area contributed by atoms with Crippen LogP contribution in [0, 0.1) is 0 Å². The van der Waals surface area contributed by atoms with Gasteiger partial charge in [-0.25, -0.2) is 4.68 Å². The van der Waals surface area contributed by atoms with Gasteiger partial charge < -0.3 is 9.80 Å². The fourth-order valence-corrected chi connectivity index (χ4v) is 4.37. The highest BCUT2D eigenvalue weighted by Crippen LogP contribution is 2.29. The molecule has 9 heteroatoms. The minimum absolute atomic E-state index is 0.169. The Kier molecular flexibility index (Phi) is 5.98. The van der Waals surface area contributed by atoms with Crippen molar-refractivity contribution < 1.29 is 4.79 Å². The molecule has 0 spiro atoms. The minimum atomic E-state index is -0.169. The third kappa shape index (κ3) is 4.29. The summed E-state index contributed by atoms with van der Waals surface area (Å²) >= 11 is 12.6. The van der Waals surface area contributed by atoms with Crippen molar-refractivity contribution in [1.82, 2.24) is 24.9 Å². The van der Waals surface area contributed by atoms with Crippen LogP contribution in [0.25, 0.3) is 16.9 Å². The molecule has 1 saturated heterocycles.